The Balaban J connectivity index is 1.69. The van der Waals surface area contributed by atoms with Crippen molar-refractivity contribution in [2.45, 2.75) is 13.0 Å². The normalized spacial score (nSPS) is 10.2. The van der Waals surface area contributed by atoms with E-state index in [1.165, 1.54) is 0 Å². The number of aryl methyl sites for hydroxylation is 1. The first-order valence-electron chi connectivity index (χ1n) is 6.36. The zero-order valence-corrected chi connectivity index (χ0v) is 11.4. The number of carbonyl (C=O) groups excluding carboxylic acids is 1. The predicted octanol–water partition coefficient (Wildman–Crippen LogP) is 1.09. The van der Waals surface area contributed by atoms with E-state index in [1.807, 2.05) is 25.4 Å². The quantitative estimate of drug-likeness (QED) is 0.772. The summed E-state index contributed by atoms with van der Waals surface area (Å²) >= 11 is 0. The number of nitrogens with two attached hydrogens (primary N) is 1. The summed E-state index contributed by atoms with van der Waals surface area (Å²) in [6.07, 6.45) is 3.87. The molecule has 0 atom stereocenters. The molecule has 0 aliphatic carbocycles. The van der Waals surface area contributed by atoms with E-state index >= 15 is 0 Å². The van der Waals surface area contributed by atoms with Gasteiger partial charge in [-0.2, -0.15) is 5.10 Å². The van der Waals surface area contributed by atoms with Crippen LogP contribution in [0.2, 0.25) is 0 Å². The molecule has 6 heteroatoms. The van der Waals surface area contributed by atoms with Crippen LogP contribution in [0.25, 0.3) is 0 Å². The summed E-state index contributed by atoms with van der Waals surface area (Å²) in [5, 5.41) is 6.84. The maximum Gasteiger partial charge on any atom is 0.223 e. The van der Waals surface area contributed by atoms with Crippen molar-refractivity contribution >= 4 is 11.6 Å². The van der Waals surface area contributed by atoms with Crippen LogP contribution in [0.15, 0.2) is 36.7 Å². The molecule has 3 N–H and O–H groups in total. The number of nitrogens with one attached hydrogen (secondary N) is 1. The summed E-state index contributed by atoms with van der Waals surface area (Å²) in [6.45, 7) is 0.771. The van der Waals surface area contributed by atoms with Crippen molar-refractivity contribution < 1.29 is 9.53 Å². The fourth-order valence-electron chi connectivity index (χ4n) is 1.72. The van der Waals surface area contributed by atoms with Crippen LogP contribution in [0.5, 0.6) is 5.75 Å². The second kappa shape index (κ2) is 6.60. The van der Waals surface area contributed by atoms with E-state index in [-0.39, 0.29) is 12.3 Å². The van der Waals surface area contributed by atoms with Gasteiger partial charge < -0.3 is 15.8 Å². The van der Waals surface area contributed by atoms with Crippen LogP contribution in [-0.4, -0.2) is 22.3 Å². The number of benzene rings is 1. The Kier molecular flexibility index (Phi) is 4.60. The molecule has 20 heavy (non-hydrogen) atoms. The first kappa shape index (κ1) is 13.9. The monoisotopic (exact) mass is 274 g/mol. The molecule has 2 rings (SSSR count). The molecule has 0 radical (unpaired) electrons. The van der Waals surface area contributed by atoms with E-state index in [0.29, 0.717) is 24.6 Å². The van der Waals surface area contributed by atoms with Gasteiger partial charge in [0.25, 0.3) is 0 Å². The van der Waals surface area contributed by atoms with E-state index in [4.69, 9.17) is 10.5 Å². The Bertz CT molecular complexity index is 580. The van der Waals surface area contributed by atoms with Crippen LogP contribution in [-0.2, 0) is 18.4 Å². The van der Waals surface area contributed by atoms with Crippen molar-refractivity contribution in [3.05, 3.63) is 42.2 Å². The molecule has 106 valence electrons. The maximum absolute atomic E-state index is 11.6. The lowest BCUT2D eigenvalue weighted by atomic mass is 10.3. The highest BCUT2D eigenvalue weighted by molar-refractivity contribution is 5.76. The Morgan fingerprint density at radius 3 is 2.95 bits per heavy atom. The van der Waals surface area contributed by atoms with Crippen LogP contribution < -0.4 is 15.8 Å². The summed E-state index contributed by atoms with van der Waals surface area (Å²) in [5.74, 6) is 0.538. The van der Waals surface area contributed by atoms with Crippen LogP contribution in [0.1, 0.15) is 12.0 Å². The minimum absolute atomic E-state index is 0.0663. The molecule has 1 aromatic heterocycles. The smallest absolute Gasteiger partial charge is 0.223 e. The number of para-hydroxylation sites is 2. The highest BCUT2D eigenvalue weighted by atomic mass is 16.5. The predicted molar refractivity (Wildman–Crippen MR) is 76.0 cm³/mol. The molecule has 0 aliphatic heterocycles. The van der Waals surface area contributed by atoms with Gasteiger partial charge in [0.1, 0.15) is 5.75 Å². The first-order valence-corrected chi connectivity index (χ1v) is 6.36. The number of nitrogen functional groups attached to an aromatic ring is 1. The van der Waals surface area contributed by atoms with Crippen molar-refractivity contribution in [2.24, 2.45) is 7.05 Å². The maximum atomic E-state index is 11.6. The third-order valence-corrected chi connectivity index (χ3v) is 2.75. The standard InChI is InChI=1S/C14H18N4O2/c1-18-10-11(9-17-18)8-16-14(19)6-7-20-13-5-3-2-4-12(13)15/h2-5,9-10H,6-8,15H2,1H3,(H,16,19). The van der Waals surface area contributed by atoms with E-state index in [2.05, 4.69) is 10.4 Å². The fourth-order valence-corrected chi connectivity index (χ4v) is 1.72. The summed E-state index contributed by atoms with van der Waals surface area (Å²) in [5.41, 5.74) is 7.28. The number of nitrogens with zero attached hydrogens (tertiary/aromatic N) is 2. The van der Waals surface area contributed by atoms with Crippen LogP contribution >= 0.6 is 0 Å². The number of amides is 1. The van der Waals surface area contributed by atoms with Gasteiger partial charge in [-0.15, -0.1) is 0 Å². The fraction of sp³-hybridized carbons (Fsp3) is 0.286. The van der Waals surface area contributed by atoms with Gasteiger partial charge >= 0.3 is 0 Å². The van der Waals surface area contributed by atoms with E-state index in [0.717, 1.165) is 5.56 Å². The number of hydrogen-bond acceptors (Lipinski definition) is 4. The molecular formula is C14H18N4O2. The van der Waals surface area contributed by atoms with Crippen molar-refractivity contribution in [2.75, 3.05) is 12.3 Å². The number of aromatic nitrogens is 2. The number of carbonyl (C=O) groups is 1. The summed E-state index contributed by atoms with van der Waals surface area (Å²) in [6, 6.07) is 7.22. The van der Waals surface area contributed by atoms with Crippen molar-refractivity contribution in [1.82, 2.24) is 15.1 Å². The molecule has 0 saturated carbocycles. The number of anilines is 1. The Hall–Kier alpha value is -2.50. The molecule has 1 heterocycles. The second-order valence-corrected chi connectivity index (χ2v) is 4.44. The first-order chi connectivity index (χ1) is 9.65. The topological polar surface area (TPSA) is 82.2 Å². The van der Waals surface area contributed by atoms with Crippen LogP contribution in [0.3, 0.4) is 0 Å². The summed E-state index contributed by atoms with van der Waals surface area (Å²) < 4.78 is 7.16. The van der Waals surface area contributed by atoms with E-state index < -0.39 is 0 Å². The molecular weight excluding hydrogens is 256 g/mol. The number of ether oxygens (including phenoxy) is 1. The lowest BCUT2D eigenvalue weighted by molar-refractivity contribution is -0.121. The Morgan fingerprint density at radius 1 is 1.45 bits per heavy atom. The third-order valence-electron chi connectivity index (χ3n) is 2.75. The largest absolute Gasteiger partial charge is 0.491 e. The second-order valence-electron chi connectivity index (χ2n) is 4.44. The number of rotatable bonds is 6. The zero-order valence-electron chi connectivity index (χ0n) is 11.4. The SMILES string of the molecule is Cn1cc(CNC(=O)CCOc2ccccc2N)cn1. The number of hydrogen-bond donors (Lipinski definition) is 2. The van der Waals surface area contributed by atoms with Gasteiger partial charge in [-0.1, -0.05) is 12.1 Å². The molecule has 0 fully saturated rings. The highest BCUT2D eigenvalue weighted by Crippen LogP contribution is 2.19. The molecule has 0 bridgehead atoms. The summed E-state index contributed by atoms with van der Waals surface area (Å²) in [4.78, 5) is 11.6. The molecule has 2 aromatic rings. The molecule has 0 saturated heterocycles. The molecule has 1 amide bonds. The van der Waals surface area contributed by atoms with Crippen molar-refractivity contribution in [3.63, 3.8) is 0 Å². The van der Waals surface area contributed by atoms with E-state index in [1.54, 1.807) is 23.0 Å². The Morgan fingerprint density at radius 2 is 2.25 bits per heavy atom. The van der Waals surface area contributed by atoms with Gasteiger partial charge in [0.05, 0.1) is 24.9 Å². The van der Waals surface area contributed by atoms with Crippen LogP contribution in [0.4, 0.5) is 5.69 Å². The van der Waals surface area contributed by atoms with E-state index in [9.17, 15) is 4.79 Å². The summed E-state index contributed by atoms with van der Waals surface area (Å²) in [7, 11) is 1.84. The lowest BCUT2D eigenvalue weighted by Gasteiger charge is -2.08. The molecule has 1 aromatic carbocycles. The zero-order chi connectivity index (χ0) is 14.4. The van der Waals surface area contributed by atoms with Gasteiger partial charge in [-0.05, 0) is 12.1 Å². The Labute approximate surface area is 117 Å². The average Bonchev–Trinajstić information content (AvgIpc) is 2.84. The van der Waals surface area contributed by atoms with Crippen molar-refractivity contribution in [3.8, 4) is 5.75 Å². The van der Waals surface area contributed by atoms with Crippen LogP contribution in [0, 0.1) is 0 Å². The average molecular weight is 274 g/mol. The van der Waals surface area contributed by atoms with Crippen molar-refractivity contribution in [1.29, 1.82) is 0 Å². The molecule has 0 spiro atoms. The van der Waals surface area contributed by atoms with Gasteiger partial charge in [0.2, 0.25) is 5.91 Å². The molecule has 0 unspecified atom stereocenters. The third kappa shape index (κ3) is 4.01. The van der Waals surface area contributed by atoms with Gasteiger partial charge in [-0.3, -0.25) is 9.48 Å². The van der Waals surface area contributed by atoms with Gasteiger partial charge in [0.15, 0.2) is 0 Å². The highest BCUT2D eigenvalue weighted by Gasteiger charge is 2.04. The minimum Gasteiger partial charge on any atom is -0.491 e. The van der Waals surface area contributed by atoms with Gasteiger partial charge in [0, 0.05) is 25.4 Å². The minimum atomic E-state index is -0.0663. The molecule has 6 nitrogen and oxygen atoms in total. The van der Waals surface area contributed by atoms with Gasteiger partial charge in [-0.25, -0.2) is 0 Å². The lowest BCUT2D eigenvalue weighted by Crippen LogP contribution is -2.24. The molecule has 0 aliphatic rings.